The maximum absolute atomic E-state index is 12.1. The van der Waals surface area contributed by atoms with Gasteiger partial charge in [-0.25, -0.2) is 9.36 Å². The zero-order valence-electron chi connectivity index (χ0n) is 11.1. The molecule has 6 heteroatoms. The van der Waals surface area contributed by atoms with Gasteiger partial charge in [0.1, 0.15) is 0 Å². The standard InChI is InChI=1S/C15H11BrN2O3/c1-8-13(19)17-15(21)18(14(8)20)12-7-6-11(16)9-4-2-3-5-10(9)12/h2-7,20H,1H3,(H,17,19,21). The Balaban J connectivity index is 2.48. The topological polar surface area (TPSA) is 75.1 Å². The van der Waals surface area contributed by atoms with E-state index in [1.165, 1.54) is 6.92 Å². The number of nitrogens with zero attached hydrogens (tertiary/aromatic N) is 1. The first-order valence-corrected chi connectivity index (χ1v) is 7.02. The summed E-state index contributed by atoms with van der Waals surface area (Å²) in [6.07, 6.45) is 0. The van der Waals surface area contributed by atoms with Crippen molar-refractivity contribution in [3.63, 3.8) is 0 Å². The Morgan fingerprint density at radius 3 is 2.48 bits per heavy atom. The molecule has 3 aromatic rings. The van der Waals surface area contributed by atoms with Crippen molar-refractivity contribution in [2.24, 2.45) is 0 Å². The molecule has 0 aliphatic rings. The third-order valence-electron chi connectivity index (χ3n) is 3.40. The van der Waals surface area contributed by atoms with Gasteiger partial charge in [-0.05, 0) is 24.4 Å². The number of aromatic amines is 1. The van der Waals surface area contributed by atoms with Gasteiger partial charge in [-0.3, -0.25) is 9.78 Å². The highest BCUT2D eigenvalue weighted by molar-refractivity contribution is 9.10. The Kier molecular flexibility index (Phi) is 3.17. The van der Waals surface area contributed by atoms with E-state index in [1.807, 2.05) is 24.3 Å². The van der Waals surface area contributed by atoms with Crippen molar-refractivity contribution in [2.45, 2.75) is 6.92 Å². The van der Waals surface area contributed by atoms with Crippen LogP contribution in [0.15, 0.2) is 50.5 Å². The number of hydrogen-bond acceptors (Lipinski definition) is 3. The fourth-order valence-corrected chi connectivity index (χ4v) is 2.75. The van der Waals surface area contributed by atoms with Crippen LogP contribution >= 0.6 is 15.9 Å². The highest BCUT2D eigenvalue weighted by Gasteiger charge is 2.14. The van der Waals surface area contributed by atoms with Crippen LogP contribution in [0.2, 0.25) is 0 Å². The minimum Gasteiger partial charge on any atom is -0.494 e. The second kappa shape index (κ2) is 4.89. The van der Waals surface area contributed by atoms with Gasteiger partial charge in [0.05, 0.1) is 11.3 Å². The van der Waals surface area contributed by atoms with Gasteiger partial charge in [-0.2, -0.15) is 0 Å². The Morgan fingerprint density at radius 1 is 1.10 bits per heavy atom. The van der Waals surface area contributed by atoms with Crippen LogP contribution in [0.4, 0.5) is 0 Å². The van der Waals surface area contributed by atoms with Gasteiger partial charge in [0, 0.05) is 9.86 Å². The fourth-order valence-electron chi connectivity index (χ4n) is 2.28. The molecule has 0 spiro atoms. The maximum atomic E-state index is 12.1. The summed E-state index contributed by atoms with van der Waals surface area (Å²) in [5.41, 5.74) is -0.650. The van der Waals surface area contributed by atoms with Crippen LogP contribution in [0.1, 0.15) is 5.56 Å². The summed E-state index contributed by atoms with van der Waals surface area (Å²) in [6, 6.07) is 11.0. The number of benzene rings is 2. The average molecular weight is 347 g/mol. The summed E-state index contributed by atoms with van der Waals surface area (Å²) >= 11 is 3.46. The SMILES string of the molecule is Cc1c(O)n(-c2ccc(Br)c3ccccc23)c(=O)[nH]c1=O. The number of rotatable bonds is 1. The van der Waals surface area contributed by atoms with Crippen LogP contribution in [0, 0.1) is 6.92 Å². The fraction of sp³-hybridized carbons (Fsp3) is 0.0667. The minimum absolute atomic E-state index is 0.0987. The van der Waals surface area contributed by atoms with E-state index < -0.39 is 11.2 Å². The lowest BCUT2D eigenvalue weighted by Crippen LogP contribution is -2.30. The summed E-state index contributed by atoms with van der Waals surface area (Å²) in [7, 11) is 0. The molecule has 0 radical (unpaired) electrons. The first-order valence-electron chi connectivity index (χ1n) is 6.23. The Labute approximate surface area is 127 Å². The van der Waals surface area contributed by atoms with Gasteiger partial charge in [0.25, 0.3) is 5.56 Å². The lowest BCUT2D eigenvalue weighted by Gasteiger charge is -2.13. The molecule has 3 rings (SSSR count). The summed E-state index contributed by atoms with van der Waals surface area (Å²) in [6.45, 7) is 1.46. The smallest absolute Gasteiger partial charge is 0.335 e. The molecule has 1 aromatic heterocycles. The summed E-state index contributed by atoms with van der Waals surface area (Å²) in [5.74, 6) is -0.351. The number of fused-ring (bicyclic) bond motifs is 1. The number of aromatic nitrogens is 2. The number of halogens is 1. The molecule has 0 aliphatic heterocycles. The number of H-pyrrole nitrogens is 1. The number of aromatic hydroxyl groups is 1. The van der Waals surface area contributed by atoms with E-state index in [1.54, 1.807) is 12.1 Å². The zero-order chi connectivity index (χ0) is 15.1. The average Bonchev–Trinajstić information content (AvgIpc) is 2.47. The van der Waals surface area contributed by atoms with Gasteiger partial charge < -0.3 is 5.11 Å². The van der Waals surface area contributed by atoms with Crippen molar-refractivity contribution >= 4 is 26.7 Å². The monoisotopic (exact) mass is 346 g/mol. The molecule has 0 atom stereocenters. The summed E-state index contributed by atoms with van der Waals surface area (Å²) in [4.78, 5) is 25.8. The molecule has 21 heavy (non-hydrogen) atoms. The zero-order valence-corrected chi connectivity index (χ0v) is 12.6. The van der Waals surface area contributed by atoms with Crippen molar-refractivity contribution in [1.82, 2.24) is 9.55 Å². The highest BCUT2D eigenvalue weighted by atomic mass is 79.9. The van der Waals surface area contributed by atoms with Crippen LogP contribution in [0.25, 0.3) is 16.5 Å². The third-order valence-corrected chi connectivity index (χ3v) is 4.09. The molecule has 2 aromatic carbocycles. The Morgan fingerprint density at radius 2 is 1.76 bits per heavy atom. The van der Waals surface area contributed by atoms with E-state index in [4.69, 9.17) is 0 Å². The maximum Gasteiger partial charge on any atom is 0.335 e. The number of nitrogens with one attached hydrogen (secondary N) is 1. The second-order valence-corrected chi connectivity index (χ2v) is 5.51. The molecule has 1 heterocycles. The minimum atomic E-state index is -0.671. The Hall–Kier alpha value is -2.34. The first kappa shape index (κ1) is 13.6. The molecule has 0 unspecified atom stereocenters. The molecule has 5 nitrogen and oxygen atoms in total. The lowest BCUT2D eigenvalue weighted by molar-refractivity contribution is 0.426. The normalized spacial score (nSPS) is 11.0. The van der Waals surface area contributed by atoms with Crippen LogP contribution in [0.5, 0.6) is 5.88 Å². The molecule has 2 N–H and O–H groups in total. The van der Waals surface area contributed by atoms with E-state index >= 15 is 0 Å². The van der Waals surface area contributed by atoms with Crippen molar-refractivity contribution in [3.05, 3.63) is 67.3 Å². The molecule has 0 saturated heterocycles. The molecule has 106 valence electrons. The van der Waals surface area contributed by atoms with Crippen molar-refractivity contribution in [2.75, 3.05) is 0 Å². The van der Waals surface area contributed by atoms with Crippen LogP contribution in [-0.2, 0) is 0 Å². The van der Waals surface area contributed by atoms with Crippen molar-refractivity contribution in [1.29, 1.82) is 0 Å². The van der Waals surface area contributed by atoms with Gasteiger partial charge >= 0.3 is 5.69 Å². The van der Waals surface area contributed by atoms with E-state index in [0.717, 1.165) is 19.8 Å². The lowest BCUT2D eigenvalue weighted by atomic mass is 10.1. The van der Waals surface area contributed by atoms with Crippen LogP contribution in [-0.4, -0.2) is 14.7 Å². The van der Waals surface area contributed by atoms with E-state index in [-0.39, 0.29) is 11.4 Å². The second-order valence-electron chi connectivity index (χ2n) is 4.66. The highest BCUT2D eigenvalue weighted by Crippen LogP contribution is 2.30. The summed E-state index contributed by atoms with van der Waals surface area (Å²) < 4.78 is 1.99. The van der Waals surface area contributed by atoms with Gasteiger partial charge in [-0.1, -0.05) is 40.2 Å². The molecule has 0 saturated carbocycles. The van der Waals surface area contributed by atoms with Gasteiger partial charge in [0.2, 0.25) is 5.88 Å². The van der Waals surface area contributed by atoms with E-state index in [9.17, 15) is 14.7 Å². The quantitative estimate of drug-likeness (QED) is 0.710. The Bertz CT molecular complexity index is 973. The first-order chi connectivity index (χ1) is 10.0. The molecular formula is C15H11BrN2O3. The van der Waals surface area contributed by atoms with E-state index in [2.05, 4.69) is 20.9 Å². The van der Waals surface area contributed by atoms with Gasteiger partial charge in [-0.15, -0.1) is 0 Å². The molecule has 0 bridgehead atoms. The van der Waals surface area contributed by atoms with Gasteiger partial charge in [0.15, 0.2) is 0 Å². The molecule has 0 amide bonds. The predicted molar refractivity (Wildman–Crippen MR) is 84.3 cm³/mol. The molecular weight excluding hydrogens is 336 g/mol. The predicted octanol–water partition coefficient (Wildman–Crippen LogP) is 2.46. The largest absolute Gasteiger partial charge is 0.494 e. The van der Waals surface area contributed by atoms with Crippen molar-refractivity contribution in [3.8, 4) is 11.6 Å². The summed E-state index contributed by atoms with van der Waals surface area (Å²) in [5, 5.41) is 11.9. The number of hydrogen-bond donors (Lipinski definition) is 2. The van der Waals surface area contributed by atoms with Crippen molar-refractivity contribution < 1.29 is 5.11 Å². The third kappa shape index (κ3) is 2.08. The van der Waals surface area contributed by atoms with Crippen LogP contribution in [0.3, 0.4) is 0 Å². The van der Waals surface area contributed by atoms with Crippen LogP contribution < -0.4 is 11.2 Å². The van der Waals surface area contributed by atoms with E-state index in [0.29, 0.717) is 5.69 Å². The molecule has 0 fully saturated rings. The molecule has 0 aliphatic carbocycles.